The summed E-state index contributed by atoms with van der Waals surface area (Å²) in [6.45, 7) is 10.7. The highest BCUT2D eigenvalue weighted by atomic mass is 19.1. The van der Waals surface area contributed by atoms with E-state index in [1.807, 2.05) is 32.6 Å². The Morgan fingerprint density at radius 1 is 1.05 bits per heavy atom. The van der Waals surface area contributed by atoms with E-state index in [0.717, 1.165) is 0 Å². The fraction of sp³-hybridized carbons (Fsp3) is 0.625. The largest absolute Gasteiger partial charge is 0.507 e. The lowest BCUT2D eigenvalue weighted by Crippen LogP contribution is -2.44. The SMILES string of the molecule is CC.Cc1c(O)c(CN2CC(C)OC(C)C2)c(O)c(O)c1F. The molecule has 3 N–H and O–H groups in total. The molecule has 1 saturated heterocycles. The second kappa shape index (κ2) is 7.65. The maximum atomic E-state index is 13.5. The number of rotatable bonds is 2. The number of benzene rings is 1. The fourth-order valence-electron chi connectivity index (χ4n) is 2.65. The highest BCUT2D eigenvalue weighted by Gasteiger charge is 2.27. The molecule has 2 atom stereocenters. The molecule has 0 bridgehead atoms. The van der Waals surface area contributed by atoms with Crippen molar-refractivity contribution in [3.8, 4) is 17.2 Å². The van der Waals surface area contributed by atoms with Crippen molar-refractivity contribution in [2.24, 2.45) is 0 Å². The first-order valence-electron chi connectivity index (χ1n) is 7.60. The van der Waals surface area contributed by atoms with Crippen LogP contribution in [0.2, 0.25) is 0 Å². The van der Waals surface area contributed by atoms with Gasteiger partial charge >= 0.3 is 0 Å². The standard InChI is InChI=1S/C14H20FNO4.C2H6/c1-7-4-16(5-8(2)20-7)6-10-12(17)9(3)11(15)14(19)13(10)18;1-2/h7-8,17-19H,4-6H2,1-3H3;1-2H3. The Labute approximate surface area is 131 Å². The maximum Gasteiger partial charge on any atom is 0.194 e. The summed E-state index contributed by atoms with van der Waals surface area (Å²) < 4.78 is 19.1. The number of hydrogen-bond donors (Lipinski definition) is 3. The summed E-state index contributed by atoms with van der Waals surface area (Å²) in [5, 5.41) is 29.4. The first-order valence-corrected chi connectivity index (χ1v) is 7.60. The molecule has 1 aromatic rings. The molecular weight excluding hydrogens is 289 g/mol. The molecule has 1 aliphatic heterocycles. The third-order valence-electron chi connectivity index (χ3n) is 3.57. The molecule has 6 heteroatoms. The summed E-state index contributed by atoms with van der Waals surface area (Å²) in [7, 11) is 0. The monoisotopic (exact) mass is 315 g/mol. The van der Waals surface area contributed by atoms with E-state index < -0.39 is 17.3 Å². The highest BCUT2D eigenvalue weighted by Crippen LogP contribution is 2.41. The molecule has 0 aliphatic carbocycles. The molecule has 0 spiro atoms. The minimum absolute atomic E-state index is 0.0400. The summed E-state index contributed by atoms with van der Waals surface area (Å²) in [6, 6.07) is 0. The number of ether oxygens (including phenoxy) is 1. The number of morpholine rings is 1. The molecule has 126 valence electrons. The zero-order chi connectivity index (χ0) is 17.0. The fourth-order valence-corrected chi connectivity index (χ4v) is 2.65. The number of aromatic hydroxyl groups is 3. The van der Waals surface area contributed by atoms with E-state index in [-0.39, 0.29) is 35.6 Å². The van der Waals surface area contributed by atoms with Crippen molar-refractivity contribution in [3.63, 3.8) is 0 Å². The maximum absolute atomic E-state index is 13.5. The lowest BCUT2D eigenvalue weighted by Gasteiger charge is -2.35. The normalized spacial score (nSPS) is 22.1. The van der Waals surface area contributed by atoms with Crippen LogP contribution < -0.4 is 0 Å². The Bertz CT molecular complexity index is 482. The van der Waals surface area contributed by atoms with Crippen LogP contribution in [0.5, 0.6) is 17.2 Å². The lowest BCUT2D eigenvalue weighted by atomic mass is 10.1. The first-order chi connectivity index (χ1) is 10.3. The number of phenolic OH excluding ortho intramolecular Hbond substituents is 3. The quantitative estimate of drug-likeness (QED) is 0.578. The molecule has 1 fully saturated rings. The molecule has 0 saturated carbocycles. The van der Waals surface area contributed by atoms with Gasteiger partial charge in [-0.2, -0.15) is 0 Å². The van der Waals surface area contributed by atoms with Gasteiger partial charge in [0.25, 0.3) is 0 Å². The molecule has 1 aliphatic rings. The summed E-state index contributed by atoms with van der Waals surface area (Å²) in [4.78, 5) is 1.99. The van der Waals surface area contributed by atoms with E-state index in [1.54, 1.807) is 0 Å². The van der Waals surface area contributed by atoms with Crippen LogP contribution >= 0.6 is 0 Å². The molecule has 1 aromatic carbocycles. The second-order valence-electron chi connectivity index (χ2n) is 5.41. The smallest absolute Gasteiger partial charge is 0.194 e. The van der Waals surface area contributed by atoms with E-state index >= 15 is 0 Å². The third kappa shape index (κ3) is 3.81. The first kappa shape index (κ1) is 18.5. The number of hydrogen-bond acceptors (Lipinski definition) is 5. The van der Waals surface area contributed by atoms with E-state index in [0.29, 0.717) is 13.1 Å². The average Bonchev–Trinajstić information content (AvgIpc) is 2.49. The molecule has 0 aromatic heterocycles. The predicted molar refractivity (Wildman–Crippen MR) is 82.8 cm³/mol. The van der Waals surface area contributed by atoms with Crippen molar-refractivity contribution < 1.29 is 24.4 Å². The van der Waals surface area contributed by atoms with Gasteiger partial charge in [-0.25, -0.2) is 4.39 Å². The number of phenols is 3. The van der Waals surface area contributed by atoms with Crippen LogP contribution in [0.1, 0.15) is 38.8 Å². The lowest BCUT2D eigenvalue weighted by molar-refractivity contribution is -0.0707. The van der Waals surface area contributed by atoms with Crippen molar-refractivity contribution in [1.29, 1.82) is 0 Å². The van der Waals surface area contributed by atoms with Crippen LogP contribution in [0.4, 0.5) is 4.39 Å². The van der Waals surface area contributed by atoms with Crippen molar-refractivity contribution in [2.75, 3.05) is 13.1 Å². The molecule has 0 amide bonds. The van der Waals surface area contributed by atoms with Gasteiger partial charge in [-0.3, -0.25) is 4.90 Å². The molecular formula is C16H26FNO4. The average molecular weight is 315 g/mol. The van der Waals surface area contributed by atoms with Gasteiger partial charge in [-0.05, 0) is 20.8 Å². The molecule has 2 rings (SSSR count). The van der Waals surface area contributed by atoms with Crippen molar-refractivity contribution >= 4 is 0 Å². The number of halogens is 1. The van der Waals surface area contributed by atoms with Crippen LogP contribution in [0.15, 0.2) is 0 Å². The van der Waals surface area contributed by atoms with Gasteiger partial charge in [0, 0.05) is 25.2 Å². The topological polar surface area (TPSA) is 73.2 Å². The summed E-state index contributed by atoms with van der Waals surface area (Å²) in [5.41, 5.74) is 0.0763. The van der Waals surface area contributed by atoms with Crippen LogP contribution in [-0.2, 0) is 11.3 Å². The second-order valence-corrected chi connectivity index (χ2v) is 5.41. The van der Waals surface area contributed by atoms with Crippen LogP contribution in [0.3, 0.4) is 0 Å². The molecule has 0 radical (unpaired) electrons. The third-order valence-corrected chi connectivity index (χ3v) is 3.57. The van der Waals surface area contributed by atoms with Crippen molar-refractivity contribution in [3.05, 3.63) is 16.9 Å². The Morgan fingerprint density at radius 2 is 1.55 bits per heavy atom. The van der Waals surface area contributed by atoms with Crippen LogP contribution in [0.25, 0.3) is 0 Å². The van der Waals surface area contributed by atoms with Gasteiger partial charge in [-0.15, -0.1) is 0 Å². The van der Waals surface area contributed by atoms with Gasteiger partial charge in [0.2, 0.25) is 0 Å². The Kier molecular flexibility index (Phi) is 6.44. The van der Waals surface area contributed by atoms with Crippen molar-refractivity contribution in [2.45, 2.75) is 53.4 Å². The van der Waals surface area contributed by atoms with Gasteiger partial charge in [0.05, 0.1) is 17.8 Å². The predicted octanol–water partition coefficient (Wildman–Crippen LogP) is 2.89. The molecule has 22 heavy (non-hydrogen) atoms. The van der Waals surface area contributed by atoms with Crippen molar-refractivity contribution in [1.82, 2.24) is 4.90 Å². The summed E-state index contributed by atoms with van der Waals surface area (Å²) >= 11 is 0. The van der Waals surface area contributed by atoms with Crippen LogP contribution in [0, 0.1) is 12.7 Å². The van der Waals surface area contributed by atoms with Gasteiger partial charge in [0.15, 0.2) is 17.3 Å². The molecule has 1 heterocycles. The minimum Gasteiger partial charge on any atom is -0.507 e. The highest BCUT2D eigenvalue weighted by molar-refractivity contribution is 5.56. The number of nitrogens with zero attached hydrogens (tertiary/aromatic N) is 1. The van der Waals surface area contributed by atoms with E-state index in [2.05, 4.69) is 0 Å². The van der Waals surface area contributed by atoms with E-state index in [1.165, 1.54) is 6.92 Å². The van der Waals surface area contributed by atoms with Crippen LogP contribution in [-0.4, -0.2) is 45.5 Å². The van der Waals surface area contributed by atoms with E-state index in [4.69, 9.17) is 4.74 Å². The zero-order valence-electron chi connectivity index (χ0n) is 13.9. The molecule has 2 unspecified atom stereocenters. The Morgan fingerprint density at radius 3 is 2.05 bits per heavy atom. The minimum atomic E-state index is -0.993. The van der Waals surface area contributed by atoms with E-state index in [9.17, 15) is 19.7 Å². The summed E-state index contributed by atoms with van der Waals surface area (Å²) in [6.07, 6.45) is 0.0800. The van der Waals surface area contributed by atoms with Gasteiger partial charge < -0.3 is 20.1 Å². The summed E-state index contributed by atoms with van der Waals surface area (Å²) in [5.74, 6) is -2.72. The molecule has 5 nitrogen and oxygen atoms in total. The Hall–Kier alpha value is -1.53. The Balaban J connectivity index is 0.00000116. The zero-order valence-corrected chi connectivity index (χ0v) is 13.9. The van der Waals surface area contributed by atoms with Gasteiger partial charge in [-0.1, -0.05) is 13.8 Å². The van der Waals surface area contributed by atoms with Gasteiger partial charge in [0.1, 0.15) is 5.75 Å².